The molecule has 0 fully saturated rings. The monoisotopic (exact) mass is 381 g/mol. The minimum atomic E-state index is -4.33. The zero-order valence-corrected chi connectivity index (χ0v) is 14.9. The lowest BCUT2D eigenvalue weighted by Crippen LogP contribution is -2.18. The fourth-order valence-electron chi connectivity index (χ4n) is 2.56. The van der Waals surface area contributed by atoms with Crippen LogP contribution >= 0.6 is 0 Å². The van der Waals surface area contributed by atoms with Gasteiger partial charge in [-0.2, -0.15) is 13.2 Å². The summed E-state index contributed by atoms with van der Waals surface area (Å²) < 4.78 is 43.2. The molecule has 0 bridgehead atoms. The van der Waals surface area contributed by atoms with Gasteiger partial charge in [0.1, 0.15) is 12.4 Å². The van der Waals surface area contributed by atoms with E-state index in [2.05, 4.69) is 5.32 Å². The van der Waals surface area contributed by atoms with Crippen LogP contribution in [0.2, 0.25) is 0 Å². The van der Waals surface area contributed by atoms with Gasteiger partial charge in [0.05, 0.1) is 17.4 Å². The van der Waals surface area contributed by atoms with E-state index in [1.54, 1.807) is 24.3 Å². The molecule has 2 aromatic carbocycles. The number of carbonyl (C=O) groups excluding carboxylic acids is 1. The summed E-state index contributed by atoms with van der Waals surface area (Å²) >= 11 is 0. The molecule has 1 atom stereocenters. The molecule has 0 saturated heterocycles. The van der Waals surface area contributed by atoms with Gasteiger partial charge in [0.25, 0.3) is 0 Å². The maximum absolute atomic E-state index is 12.5. The lowest BCUT2D eigenvalue weighted by molar-refractivity contribution is -0.137. The minimum absolute atomic E-state index is 0.0591. The molecule has 0 aliphatic heterocycles. The van der Waals surface area contributed by atoms with Crippen LogP contribution in [0.15, 0.2) is 48.5 Å². The molecule has 7 heteroatoms. The number of ether oxygens (including phenoxy) is 1. The van der Waals surface area contributed by atoms with Crippen LogP contribution in [0.1, 0.15) is 30.9 Å². The van der Waals surface area contributed by atoms with E-state index in [9.17, 15) is 23.1 Å². The van der Waals surface area contributed by atoms with E-state index in [1.807, 2.05) is 0 Å². The topological polar surface area (TPSA) is 58.6 Å². The molecule has 2 rings (SSSR count). The standard InChI is InChI=1S/C20H22F3NO3/c1-14(25)24-18-7-2-3-8-19(18)27-13-17(26)6-4-5-15-9-11-16(12-10-15)20(21,22)23/h2-3,7-12,17,26H,4-6,13H2,1H3,(H,24,25). The number of benzene rings is 2. The summed E-state index contributed by atoms with van der Waals surface area (Å²) in [6, 6.07) is 12.0. The number of aryl methyl sites for hydroxylation is 1. The predicted octanol–water partition coefficient (Wildman–Crippen LogP) is 4.43. The molecule has 0 heterocycles. The number of hydrogen-bond acceptors (Lipinski definition) is 3. The van der Waals surface area contributed by atoms with Crippen LogP contribution < -0.4 is 10.1 Å². The molecule has 146 valence electrons. The number of alkyl halides is 3. The zero-order valence-electron chi connectivity index (χ0n) is 14.9. The molecule has 1 unspecified atom stereocenters. The minimum Gasteiger partial charge on any atom is -0.489 e. The first-order valence-electron chi connectivity index (χ1n) is 8.59. The molecule has 2 N–H and O–H groups in total. The number of carbonyl (C=O) groups is 1. The molecule has 0 spiro atoms. The van der Waals surface area contributed by atoms with Crippen molar-refractivity contribution in [1.29, 1.82) is 0 Å². The van der Waals surface area contributed by atoms with E-state index in [0.717, 1.165) is 17.7 Å². The van der Waals surface area contributed by atoms with Gasteiger partial charge in [-0.15, -0.1) is 0 Å². The van der Waals surface area contributed by atoms with E-state index in [1.165, 1.54) is 19.1 Å². The zero-order chi connectivity index (χ0) is 19.9. The van der Waals surface area contributed by atoms with Crippen LogP contribution in [0.3, 0.4) is 0 Å². The summed E-state index contributed by atoms with van der Waals surface area (Å²) in [4.78, 5) is 11.2. The highest BCUT2D eigenvalue weighted by Gasteiger charge is 2.29. The number of aliphatic hydroxyl groups is 1. The SMILES string of the molecule is CC(=O)Nc1ccccc1OCC(O)CCCc1ccc(C(F)(F)F)cc1. The molecule has 0 saturated carbocycles. The van der Waals surface area contributed by atoms with Crippen LogP contribution in [0, 0.1) is 0 Å². The average molecular weight is 381 g/mol. The van der Waals surface area contributed by atoms with Gasteiger partial charge in [0.2, 0.25) is 5.91 Å². The number of rotatable bonds is 8. The van der Waals surface area contributed by atoms with E-state index >= 15 is 0 Å². The normalized spacial score (nSPS) is 12.5. The third kappa shape index (κ3) is 6.94. The third-order valence-corrected chi connectivity index (χ3v) is 3.91. The summed E-state index contributed by atoms with van der Waals surface area (Å²) in [5, 5.41) is 12.7. The molecule has 0 radical (unpaired) electrons. The molecular weight excluding hydrogens is 359 g/mol. The molecule has 4 nitrogen and oxygen atoms in total. The Bertz CT molecular complexity index is 745. The Morgan fingerprint density at radius 2 is 1.81 bits per heavy atom. The van der Waals surface area contributed by atoms with Crippen molar-refractivity contribution in [2.45, 2.75) is 38.5 Å². The fourth-order valence-corrected chi connectivity index (χ4v) is 2.56. The smallest absolute Gasteiger partial charge is 0.416 e. The van der Waals surface area contributed by atoms with Gasteiger partial charge >= 0.3 is 6.18 Å². The van der Waals surface area contributed by atoms with Crippen molar-refractivity contribution in [2.24, 2.45) is 0 Å². The van der Waals surface area contributed by atoms with E-state index in [-0.39, 0.29) is 12.5 Å². The van der Waals surface area contributed by atoms with Gasteiger partial charge in [-0.3, -0.25) is 4.79 Å². The number of hydrogen-bond donors (Lipinski definition) is 2. The summed E-state index contributed by atoms with van der Waals surface area (Å²) in [7, 11) is 0. The number of amides is 1. The summed E-state index contributed by atoms with van der Waals surface area (Å²) in [5.74, 6) is 0.248. The summed E-state index contributed by atoms with van der Waals surface area (Å²) in [5.41, 5.74) is 0.645. The van der Waals surface area contributed by atoms with Gasteiger partial charge in [0, 0.05) is 6.92 Å². The van der Waals surface area contributed by atoms with Gasteiger partial charge in [-0.1, -0.05) is 24.3 Å². The first kappa shape index (κ1) is 20.8. The first-order chi connectivity index (χ1) is 12.8. The highest BCUT2D eigenvalue weighted by molar-refractivity contribution is 5.90. The Kier molecular flexibility index (Phi) is 7.24. The van der Waals surface area contributed by atoms with E-state index in [4.69, 9.17) is 4.74 Å². The second-order valence-electron chi connectivity index (χ2n) is 6.23. The molecular formula is C20H22F3NO3. The summed E-state index contributed by atoms with van der Waals surface area (Å²) in [6.45, 7) is 1.45. The Morgan fingerprint density at radius 3 is 2.44 bits per heavy atom. The quantitative estimate of drug-likeness (QED) is 0.711. The van der Waals surface area contributed by atoms with Crippen molar-refractivity contribution < 1.29 is 27.8 Å². The van der Waals surface area contributed by atoms with E-state index in [0.29, 0.717) is 30.7 Å². The number of nitrogens with one attached hydrogen (secondary N) is 1. The number of aliphatic hydroxyl groups excluding tert-OH is 1. The number of para-hydroxylation sites is 2. The maximum Gasteiger partial charge on any atom is 0.416 e. The van der Waals surface area contributed by atoms with Gasteiger partial charge < -0.3 is 15.2 Å². The molecule has 27 heavy (non-hydrogen) atoms. The lowest BCUT2D eigenvalue weighted by atomic mass is 10.0. The molecule has 1 amide bonds. The van der Waals surface area contributed by atoms with Crippen LogP contribution in [-0.4, -0.2) is 23.7 Å². The Balaban J connectivity index is 1.77. The van der Waals surface area contributed by atoms with Crippen molar-refractivity contribution in [2.75, 3.05) is 11.9 Å². The first-order valence-corrected chi connectivity index (χ1v) is 8.59. The van der Waals surface area contributed by atoms with Crippen molar-refractivity contribution in [3.05, 3.63) is 59.7 Å². The summed E-state index contributed by atoms with van der Waals surface area (Å²) in [6.07, 6.45) is -3.42. The Labute approximate surface area is 156 Å². The Morgan fingerprint density at radius 1 is 1.15 bits per heavy atom. The van der Waals surface area contributed by atoms with E-state index < -0.39 is 17.8 Å². The van der Waals surface area contributed by atoms with Crippen molar-refractivity contribution in [3.63, 3.8) is 0 Å². The van der Waals surface area contributed by atoms with Crippen LogP contribution in [-0.2, 0) is 17.4 Å². The third-order valence-electron chi connectivity index (χ3n) is 3.91. The highest BCUT2D eigenvalue weighted by atomic mass is 19.4. The molecule has 0 aromatic heterocycles. The van der Waals surface area contributed by atoms with Gasteiger partial charge in [0.15, 0.2) is 0 Å². The van der Waals surface area contributed by atoms with Crippen molar-refractivity contribution in [1.82, 2.24) is 0 Å². The largest absolute Gasteiger partial charge is 0.489 e. The van der Waals surface area contributed by atoms with Gasteiger partial charge in [-0.25, -0.2) is 0 Å². The second-order valence-corrected chi connectivity index (χ2v) is 6.23. The predicted molar refractivity (Wildman–Crippen MR) is 96.6 cm³/mol. The number of halogens is 3. The highest BCUT2D eigenvalue weighted by Crippen LogP contribution is 2.29. The maximum atomic E-state index is 12.5. The van der Waals surface area contributed by atoms with Crippen molar-refractivity contribution in [3.8, 4) is 5.75 Å². The fraction of sp³-hybridized carbons (Fsp3) is 0.350. The lowest BCUT2D eigenvalue weighted by Gasteiger charge is -2.15. The number of anilines is 1. The Hall–Kier alpha value is -2.54. The second kappa shape index (κ2) is 9.41. The van der Waals surface area contributed by atoms with Crippen LogP contribution in [0.25, 0.3) is 0 Å². The van der Waals surface area contributed by atoms with Crippen LogP contribution in [0.4, 0.5) is 18.9 Å². The molecule has 2 aromatic rings. The van der Waals surface area contributed by atoms with Crippen LogP contribution in [0.5, 0.6) is 5.75 Å². The molecule has 0 aliphatic rings. The molecule has 0 aliphatic carbocycles. The average Bonchev–Trinajstić information content (AvgIpc) is 2.60. The van der Waals surface area contributed by atoms with Crippen molar-refractivity contribution >= 4 is 11.6 Å². The van der Waals surface area contributed by atoms with Gasteiger partial charge in [-0.05, 0) is 49.1 Å².